The molecule has 0 bridgehead atoms. The molecule has 24 heavy (non-hydrogen) atoms. The van der Waals surface area contributed by atoms with Crippen LogP contribution in [-0.2, 0) is 10.9 Å². The van der Waals surface area contributed by atoms with E-state index in [-0.39, 0.29) is 17.6 Å². The smallest absolute Gasteiger partial charge is 0.363 e. The third-order valence-electron chi connectivity index (χ3n) is 4.41. The summed E-state index contributed by atoms with van der Waals surface area (Å²) in [5.41, 5.74) is -0.789. The first kappa shape index (κ1) is 16.8. The van der Waals surface area contributed by atoms with Gasteiger partial charge in [-0.3, -0.25) is 4.79 Å². The number of rotatable bonds is 3. The summed E-state index contributed by atoms with van der Waals surface area (Å²) in [7, 11) is 0. The van der Waals surface area contributed by atoms with Gasteiger partial charge in [0.1, 0.15) is 6.10 Å². The van der Waals surface area contributed by atoms with E-state index in [1.807, 2.05) is 6.07 Å². The van der Waals surface area contributed by atoms with Crippen molar-refractivity contribution in [2.45, 2.75) is 50.0 Å². The molecule has 3 rings (SSSR count). The van der Waals surface area contributed by atoms with E-state index < -0.39 is 23.8 Å². The number of benzene rings is 1. The molecule has 0 aromatic heterocycles. The Kier molecular flexibility index (Phi) is 4.50. The lowest BCUT2D eigenvalue weighted by molar-refractivity contribution is -0.137. The number of carbonyl (C=O) groups excluding carboxylic acids is 1. The molecule has 128 valence electrons. The van der Waals surface area contributed by atoms with Gasteiger partial charge in [-0.25, -0.2) is 0 Å². The Morgan fingerprint density at radius 3 is 2.62 bits per heavy atom. The second kappa shape index (κ2) is 6.44. The van der Waals surface area contributed by atoms with Crippen LogP contribution in [0.5, 0.6) is 0 Å². The molecule has 0 N–H and O–H groups in total. The van der Waals surface area contributed by atoms with E-state index in [0.717, 1.165) is 25.0 Å². The van der Waals surface area contributed by atoms with Gasteiger partial charge in [-0.05, 0) is 37.5 Å². The van der Waals surface area contributed by atoms with Gasteiger partial charge in [0.05, 0.1) is 18.2 Å². The number of ether oxygens (including phenoxy) is 1. The van der Waals surface area contributed by atoms with Crippen molar-refractivity contribution in [1.29, 1.82) is 5.26 Å². The van der Waals surface area contributed by atoms with Crippen molar-refractivity contribution in [1.82, 2.24) is 4.90 Å². The third kappa shape index (κ3) is 3.54. The maximum atomic E-state index is 12.9. The van der Waals surface area contributed by atoms with Gasteiger partial charge in [0.15, 0.2) is 0 Å². The fraction of sp³-hybridized carbons (Fsp3) is 0.529. The van der Waals surface area contributed by atoms with Crippen molar-refractivity contribution in [2.24, 2.45) is 0 Å². The molecular formula is C17H17F3N2O2. The SMILES string of the molecule is N#C[C@H]1C[C@@H](N(C(=O)c2cccc(C(F)(F)F)c2)C2CC2)CCO1. The molecule has 2 atom stereocenters. The van der Waals surface area contributed by atoms with Crippen molar-refractivity contribution in [3.63, 3.8) is 0 Å². The summed E-state index contributed by atoms with van der Waals surface area (Å²) in [4.78, 5) is 14.5. The Morgan fingerprint density at radius 2 is 2.00 bits per heavy atom. The molecule has 0 unspecified atom stereocenters. The zero-order chi connectivity index (χ0) is 17.3. The van der Waals surface area contributed by atoms with Crippen LogP contribution in [0.1, 0.15) is 41.6 Å². The third-order valence-corrected chi connectivity index (χ3v) is 4.41. The molecule has 4 nitrogen and oxygen atoms in total. The number of halogens is 3. The van der Waals surface area contributed by atoms with E-state index in [1.165, 1.54) is 12.1 Å². The largest absolute Gasteiger partial charge is 0.416 e. The van der Waals surface area contributed by atoms with E-state index in [9.17, 15) is 18.0 Å². The highest BCUT2D eigenvalue weighted by molar-refractivity contribution is 5.95. The Morgan fingerprint density at radius 1 is 1.25 bits per heavy atom. The first-order chi connectivity index (χ1) is 11.4. The van der Waals surface area contributed by atoms with Crippen LogP contribution in [0.15, 0.2) is 24.3 Å². The van der Waals surface area contributed by atoms with Crippen LogP contribution < -0.4 is 0 Å². The maximum absolute atomic E-state index is 12.9. The van der Waals surface area contributed by atoms with Crippen LogP contribution in [0.2, 0.25) is 0 Å². The number of hydrogen-bond acceptors (Lipinski definition) is 3. The summed E-state index contributed by atoms with van der Waals surface area (Å²) < 4.78 is 43.9. The van der Waals surface area contributed by atoms with Gasteiger partial charge in [0, 0.05) is 24.1 Å². The quantitative estimate of drug-likeness (QED) is 0.849. The molecule has 1 aromatic carbocycles. The predicted octanol–water partition coefficient (Wildman–Crippen LogP) is 3.38. The number of amides is 1. The minimum Gasteiger partial charge on any atom is -0.363 e. The average Bonchev–Trinajstić information content (AvgIpc) is 3.39. The van der Waals surface area contributed by atoms with Crippen molar-refractivity contribution >= 4 is 5.91 Å². The lowest BCUT2D eigenvalue weighted by Crippen LogP contribution is -2.46. The zero-order valence-electron chi connectivity index (χ0n) is 12.9. The minimum absolute atomic E-state index is 0.0386. The minimum atomic E-state index is -4.48. The molecule has 1 saturated carbocycles. The second-order valence-corrected chi connectivity index (χ2v) is 6.19. The number of carbonyl (C=O) groups is 1. The summed E-state index contributed by atoms with van der Waals surface area (Å²) in [6.45, 7) is 0.377. The summed E-state index contributed by atoms with van der Waals surface area (Å²) in [6, 6.07) is 6.45. The monoisotopic (exact) mass is 338 g/mol. The Labute approximate surface area is 137 Å². The van der Waals surface area contributed by atoms with Gasteiger partial charge < -0.3 is 9.64 Å². The predicted molar refractivity (Wildman–Crippen MR) is 79.0 cm³/mol. The molecule has 7 heteroatoms. The van der Waals surface area contributed by atoms with E-state index in [4.69, 9.17) is 10.00 Å². The molecule has 1 saturated heterocycles. The molecule has 2 fully saturated rings. The normalized spacial score (nSPS) is 24.2. The topological polar surface area (TPSA) is 53.3 Å². The van der Waals surface area contributed by atoms with Crippen molar-refractivity contribution in [3.05, 3.63) is 35.4 Å². The highest BCUT2D eigenvalue weighted by atomic mass is 19.4. The van der Waals surface area contributed by atoms with E-state index in [1.54, 1.807) is 4.90 Å². The lowest BCUT2D eigenvalue weighted by Gasteiger charge is -2.36. The van der Waals surface area contributed by atoms with Crippen LogP contribution in [0.4, 0.5) is 13.2 Å². The number of hydrogen-bond donors (Lipinski definition) is 0. The maximum Gasteiger partial charge on any atom is 0.416 e. The molecule has 1 amide bonds. The fourth-order valence-corrected chi connectivity index (χ4v) is 3.08. The van der Waals surface area contributed by atoms with Crippen LogP contribution in [0.25, 0.3) is 0 Å². The van der Waals surface area contributed by atoms with Gasteiger partial charge in [0.25, 0.3) is 5.91 Å². The summed E-state index contributed by atoms with van der Waals surface area (Å²) in [6.07, 6.45) is -2.36. The number of alkyl halides is 3. The lowest BCUT2D eigenvalue weighted by atomic mass is 10.00. The van der Waals surface area contributed by atoms with Crippen molar-refractivity contribution < 1.29 is 22.7 Å². The molecule has 2 aliphatic rings. The van der Waals surface area contributed by atoms with Gasteiger partial charge in [-0.2, -0.15) is 18.4 Å². The van der Waals surface area contributed by atoms with Gasteiger partial charge in [0.2, 0.25) is 0 Å². The summed E-state index contributed by atoms with van der Waals surface area (Å²) in [5, 5.41) is 9.02. The first-order valence-corrected chi connectivity index (χ1v) is 7.91. The van der Waals surface area contributed by atoms with Gasteiger partial charge in [-0.1, -0.05) is 6.07 Å². The van der Waals surface area contributed by atoms with Crippen LogP contribution in [-0.4, -0.2) is 35.6 Å². The van der Waals surface area contributed by atoms with Crippen molar-refractivity contribution in [3.8, 4) is 6.07 Å². The highest BCUT2D eigenvalue weighted by Crippen LogP contribution is 2.35. The second-order valence-electron chi connectivity index (χ2n) is 6.19. The standard InChI is InChI=1S/C17H17F3N2O2/c18-17(19,20)12-3-1-2-11(8-12)16(23)22(13-4-5-13)14-6-7-24-15(9-14)10-21/h1-3,8,13-15H,4-7,9H2/t14-,15+/m0/s1. The number of nitrogens with zero attached hydrogens (tertiary/aromatic N) is 2. The van der Waals surface area contributed by atoms with Crippen LogP contribution in [0.3, 0.4) is 0 Å². The van der Waals surface area contributed by atoms with Crippen LogP contribution >= 0.6 is 0 Å². The average molecular weight is 338 g/mol. The van der Waals surface area contributed by atoms with E-state index >= 15 is 0 Å². The van der Waals surface area contributed by atoms with E-state index in [0.29, 0.717) is 19.4 Å². The van der Waals surface area contributed by atoms with Gasteiger partial charge in [-0.15, -0.1) is 0 Å². The molecule has 1 aliphatic heterocycles. The van der Waals surface area contributed by atoms with E-state index in [2.05, 4.69) is 0 Å². The molecular weight excluding hydrogens is 321 g/mol. The Hall–Kier alpha value is -2.07. The Bertz CT molecular complexity index is 665. The summed E-state index contributed by atoms with van der Waals surface area (Å²) in [5.74, 6) is -0.396. The number of nitriles is 1. The molecule has 1 aliphatic carbocycles. The van der Waals surface area contributed by atoms with Crippen LogP contribution in [0, 0.1) is 11.3 Å². The zero-order valence-corrected chi connectivity index (χ0v) is 12.9. The van der Waals surface area contributed by atoms with Gasteiger partial charge >= 0.3 is 6.18 Å². The molecule has 1 heterocycles. The molecule has 1 aromatic rings. The fourth-order valence-electron chi connectivity index (χ4n) is 3.08. The molecule has 0 radical (unpaired) electrons. The Balaban J connectivity index is 1.84. The first-order valence-electron chi connectivity index (χ1n) is 7.91. The highest BCUT2D eigenvalue weighted by Gasteiger charge is 2.40. The molecule has 0 spiro atoms. The summed E-state index contributed by atoms with van der Waals surface area (Å²) >= 11 is 0. The van der Waals surface area contributed by atoms with Crippen molar-refractivity contribution in [2.75, 3.05) is 6.61 Å².